The van der Waals surface area contributed by atoms with E-state index in [0.29, 0.717) is 27.8 Å². The van der Waals surface area contributed by atoms with Crippen LogP contribution in [0.15, 0.2) is 29.5 Å². The molecule has 3 heterocycles. The zero-order valence-corrected chi connectivity index (χ0v) is 21.5. The van der Waals surface area contributed by atoms with Crippen LogP contribution in [0.5, 0.6) is 28.7 Å². The molecule has 0 radical (unpaired) electrons. The predicted octanol–water partition coefficient (Wildman–Crippen LogP) is 4.22. The Hall–Kier alpha value is -3.43. The Morgan fingerprint density at radius 1 is 0.973 bits per heavy atom. The molecule has 0 aromatic heterocycles. The van der Waals surface area contributed by atoms with E-state index in [1.165, 1.54) is 20.3 Å². The van der Waals surface area contributed by atoms with E-state index in [1.54, 1.807) is 19.1 Å². The molecule has 0 bridgehead atoms. The van der Waals surface area contributed by atoms with E-state index in [9.17, 15) is 14.4 Å². The van der Waals surface area contributed by atoms with Crippen molar-refractivity contribution in [3.63, 3.8) is 0 Å². The lowest BCUT2D eigenvalue weighted by Gasteiger charge is -2.41. The number of hydrogen-bond acceptors (Lipinski definition) is 8. The number of fused-ring (bicyclic) bond motifs is 2. The molecule has 2 aromatic rings. The zero-order chi connectivity index (χ0) is 26.2. The van der Waals surface area contributed by atoms with Crippen molar-refractivity contribution in [1.29, 1.82) is 0 Å². The number of benzene rings is 2. The first-order valence-electron chi connectivity index (χ1n) is 11.6. The molecule has 1 N–H and O–H groups in total. The van der Waals surface area contributed by atoms with Crippen molar-refractivity contribution in [2.24, 2.45) is 5.92 Å². The molecule has 1 spiro atoms. The molecule has 2 aromatic carbocycles. The van der Waals surface area contributed by atoms with E-state index in [2.05, 4.69) is 5.32 Å². The molecule has 3 atom stereocenters. The zero-order valence-electron chi connectivity index (χ0n) is 20.0. The summed E-state index contributed by atoms with van der Waals surface area (Å²) in [5.74, 6) is -1.34. The number of carbonyl (C=O) groups excluding carboxylic acids is 3. The van der Waals surface area contributed by atoms with Gasteiger partial charge in [-0.2, -0.15) is 0 Å². The Bertz CT molecular complexity index is 1450. The Labute approximate surface area is 221 Å². The minimum atomic E-state index is -1.88. The van der Waals surface area contributed by atoms with Gasteiger partial charge in [0.1, 0.15) is 22.1 Å². The van der Waals surface area contributed by atoms with Crippen LogP contribution < -0.4 is 29.0 Å². The number of amides is 1. The topological polar surface area (TPSA) is 109 Å². The Balaban J connectivity index is 1.50. The van der Waals surface area contributed by atoms with Crippen LogP contribution in [0.2, 0.25) is 10.0 Å². The minimum Gasteiger partial charge on any atom is -0.496 e. The van der Waals surface area contributed by atoms with E-state index >= 15 is 0 Å². The molecule has 0 saturated heterocycles. The van der Waals surface area contributed by atoms with Gasteiger partial charge in [-0.25, -0.2) is 0 Å². The summed E-state index contributed by atoms with van der Waals surface area (Å²) in [5, 5.41) is 3.20. The minimum absolute atomic E-state index is 0.0177. The second-order valence-electron chi connectivity index (χ2n) is 9.33. The summed E-state index contributed by atoms with van der Waals surface area (Å²) in [6.45, 7) is 1.75. The maximum Gasteiger partial charge on any atom is 0.236 e. The molecule has 1 aliphatic carbocycles. The van der Waals surface area contributed by atoms with E-state index < -0.39 is 29.0 Å². The third-order valence-electron chi connectivity index (χ3n) is 7.41. The van der Waals surface area contributed by atoms with Crippen molar-refractivity contribution < 1.29 is 38.1 Å². The molecule has 1 amide bonds. The lowest BCUT2D eigenvalue weighted by molar-refractivity contribution is -0.131. The van der Waals surface area contributed by atoms with Crippen LogP contribution in [-0.4, -0.2) is 44.1 Å². The lowest BCUT2D eigenvalue weighted by Crippen LogP contribution is -2.59. The molecule has 3 aliphatic heterocycles. The number of halogens is 2. The fraction of sp³-hybridized carbons (Fsp3) is 0.346. The van der Waals surface area contributed by atoms with Gasteiger partial charge in [-0.05, 0) is 24.1 Å². The number of ketones is 2. The van der Waals surface area contributed by atoms with Gasteiger partial charge in [-0.1, -0.05) is 30.1 Å². The van der Waals surface area contributed by atoms with Crippen molar-refractivity contribution >= 4 is 40.7 Å². The molecular weight excluding hydrogens is 525 g/mol. The van der Waals surface area contributed by atoms with Gasteiger partial charge in [-0.3, -0.25) is 14.4 Å². The highest BCUT2D eigenvalue weighted by Crippen LogP contribution is 2.55. The van der Waals surface area contributed by atoms with Crippen LogP contribution in [0.25, 0.3) is 0 Å². The van der Waals surface area contributed by atoms with Gasteiger partial charge in [0.05, 0.1) is 19.2 Å². The van der Waals surface area contributed by atoms with Crippen LogP contribution in [0.4, 0.5) is 0 Å². The molecular formula is C26H21Cl2NO8. The van der Waals surface area contributed by atoms with Gasteiger partial charge < -0.3 is 29.0 Å². The summed E-state index contributed by atoms with van der Waals surface area (Å²) in [4.78, 5) is 41.1. The highest BCUT2D eigenvalue weighted by atomic mass is 35.5. The highest BCUT2D eigenvalue weighted by molar-refractivity contribution is 6.36. The van der Waals surface area contributed by atoms with Gasteiger partial charge in [0.25, 0.3) is 0 Å². The van der Waals surface area contributed by atoms with Crippen LogP contribution in [0.3, 0.4) is 0 Å². The number of hydrogen-bond donors (Lipinski definition) is 1. The third kappa shape index (κ3) is 3.20. The molecule has 11 heteroatoms. The largest absolute Gasteiger partial charge is 0.496 e. The first-order valence-corrected chi connectivity index (χ1v) is 12.3. The van der Waals surface area contributed by atoms with Gasteiger partial charge in [0, 0.05) is 35.6 Å². The second kappa shape index (κ2) is 8.29. The monoisotopic (exact) mass is 545 g/mol. The summed E-state index contributed by atoms with van der Waals surface area (Å²) < 4.78 is 27.9. The molecule has 37 heavy (non-hydrogen) atoms. The van der Waals surface area contributed by atoms with Crippen molar-refractivity contribution in [3.05, 3.63) is 50.6 Å². The summed E-state index contributed by atoms with van der Waals surface area (Å²) in [6, 6.07) is 4.84. The summed E-state index contributed by atoms with van der Waals surface area (Å²) in [7, 11) is 2.83. The molecule has 3 unspecified atom stereocenters. The van der Waals surface area contributed by atoms with Crippen LogP contribution in [0.1, 0.15) is 41.6 Å². The Morgan fingerprint density at radius 2 is 1.73 bits per heavy atom. The number of nitrogens with one attached hydrogen (secondary N) is 1. The fourth-order valence-corrected chi connectivity index (χ4v) is 6.20. The van der Waals surface area contributed by atoms with Crippen LogP contribution in [-0.2, 0) is 9.59 Å². The molecule has 9 nitrogen and oxygen atoms in total. The lowest BCUT2D eigenvalue weighted by atomic mass is 9.66. The first kappa shape index (κ1) is 23.9. The van der Waals surface area contributed by atoms with Crippen molar-refractivity contribution in [1.82, 2.24) is 5.32 Å². The highest BCUT2D eigenvalue weighted by Gasteiger charge is 2.63. The number of allylic oxidation sites excluding steroid dienone is 1. The standard InChI is InChI=1S/C26H21Cl2NO8/c1-10-4-14-19(12(7-18(30)29-14)11-5-13(27)22-17(6-11)35-9-36-22)24(31)26(10)25(32)20-15(33-2)8-16(34-3)21(28)23(20)37-26/h5-6,8,10,12H,4,7,9H2,1-3H3,(H,29,30). The smallest absolute Gasteiger partial charge is 0.236 e. The number of Topliss-reactive ketones (excluding diaryl/α,β-unsaturated/α-hetero) is 2. The number of ether oxygens (including phenoxy) is 5. The summed E-state index contributed by atoms with van der Waals surface area (Å²) >= 11 is 12.9. The quantitative estimate of drug-likeness (QED) is 0.571. The average Bonchev–Trinajstić information content (AvgIpc) is 3.47. The fourth-order valence-electron chi connectivity index (χ4n) is 5.66. The maximum atomic E-state index is 14.4. The maximum absolute atomic E-state index is 14.4. The number of carbonyl (C=O) groups is 3. The van der Waals surface area contributed by atoms with Crippen molar-refractivity contribution in [2.75, 3.05) is 21.0 Å². The number of rotatable bonds is 3. The van der Waals surface area contributed by atoms with E-state index in [1.807, 2.05) is 0 Å². The van der Waals surface area contributed by atoms with E-state index in [4.69, 9.17) is 46.9 Å². The normalized spacial score (nSPS) is 25.6. The molecule has 4 aliphatic rings. The van der Waals surface area contributed by atoms with Crippen molar-refractivity contribution in [3.8, 4) is 28.7 Å². The number of methoxy groups -OCH3 is 2. The van der Waals surface area contributed by atoms with Gasteiger partial charge >= 0.3 is 0 Å². The van der Waals surface area contributed by atoms with Gasteiger partial charge in [0.15, 0.2) is 17.2 Å². The molecule has 0 saturated carbocycles. The average molecular weight is 546 g/mol. The van der Waals surface area contributed by atoms with Crippen molar-refractivity contribution in [2.45, 2.75) is 31.3 Å². The predicted molar refractivity (Wildman–Crippen MR) is 131 cm³/mol. The van der Waals surface area contributed by atoms with Gasteiger partial charge in [0.2, 0.25) is 29.9 Å². The molecule has 6 rings (SSSR count). The third-order valence-corrected chi connectivity index (χ3v) is 8.05. The first-order chi connectivity index (χ1) is 17.7. The SMILES string of the molecule is COc1cc(OC)c2c(c1Cl)OC1(C(=O)C3=C(CC1C)NC(=O)CC3c1cc(Cl)c3c(c1)OCO3)C2=O. The van der Waals surface area contributed by atoms with E-state index in [0.717, 1.165) is 0 Å². The summed E-state index contributed by atoms with van der Waals surface area (Å²) in [5.41, 5.74) is -0.461. The second-order valence-corrected chi connectivity index (χ2v) is 10.1. The Morgan fingerprint density at radius 3 is 2.46 bits per heavy atom. The van der Waals surface area contributed by atoms with Crippen LogP contribution >= 0.6 is 23.2 Å². The summed E-state index contributed by atoms with van der Waals surface area (Å²) in [6.07, 6.45) is 0.197. The van der Waals surface area contributed by atoms with Crippen LogP contribution in [0, 0.1) is 5.92 Å². The molecule has 0 fully saturated rings. The van der Waals surface area contributed by atoms with Gasteiger partial charge in [-0.15, -0.1) is 0 Å². The van der Waals surface area contributed by atoms with E-state index in [-0.39, 0.29) is 58.9 Å². The molecule has 192 valence electrons. The Kier molecular flexibility index (Phi) is 5.36.